The van der Waals surface area contributed by atoms with Gasteiger partial charge < -0.3 is 39.4 Å². The van der Waals surface area contributed by atoms with Crippen molar-refractivity contribution >= 4 is 160 Å². The fourth-order valence-electron chi connectivity index (χ4n) is 7.64. The van der Waals surface area contributed by atoms with E-state index in [0.717, 1.165) is 62.7 Å². The number of azo groups is 2. The predicted octanol–water partition coefficient (Wildman–Crippen LogP) is 11.7. The number of anilines is 7. The molecule has 1 aliphatic rings. The standard InChI is InChI=1S/C42H41N13O10S7/c1-8-54(9-2)26-15-22(24(17-28(26)62-4)48-50-34-30-32(64-6)38(71(56,57)58)67-36(30)52-69-34)43-40-45-41-44-23-16-27(55(10-3)21-13-11-12-20(14-21)19-66-42(46-40)47-41)29(63-5)18-25(23)49-51-35-31-33(65-7)39(72(59,60)61)68-37(31)53-70-35/h11-18H,8-10,19H2,1-7H3,(H,56,57,58)(H,59,60,61)(H2,43,44,45,46,47). The number of nitrogens with one attached hydrogen (secondary N) is 2. The predicted molar refractivity (Wildman–Crippen MR) is 281 cm³/mol. The van der Waals surface area contributed by atoms with Gasteiger partial charge in [0, 0.05) is 43.2 Å². The van der Waals surface area contributed by atoms with Crippen molar-refractivity contribution in [3.8, 4) is 23.0 Å². The average Bonchev–Trinajstić information content (AvgIpc) is 4.14. The molecule has 4 N–H and O–H groups in total. The van der Waals surface area contributed by atoms with Gasteiger partial charge in [0.2, 0.25) is 11.9 Å². The van der Waals surface area contributed by atoms with E-state index >= 15 is 0 Å². The topological polar surface area (TPSA) is 290 Å². The molecule has 0 radical (unpaired) electrons. The van der Waals surface area contributed by atoms with E-state index in [1.165, 1.54) is 26.0 Å². The van der Waals surface area contributed by atoms with Gasteiger partial charge in [-0.3, -0.25) is 9.11 Å². The van der Waals surface area contributed by atoms with Crippen LogP contribution in [0, 0.1) is 0 Å². The highest BCUT2D eigenvalue weighted by Crippen LogP contribution is 2.50. The number of ether oxygens (including phenoxy) is 4. The minimum absolute atomic E-state index is 0.0980. The van der Waals surface area contributed by atoms with Crippen molar-refractivity contribution in [2.24, 2.45) is 20.5 Å². The Kier molecular flexibility index (Phi) is 14.5. The van der Waals surface area contributed by atoms with Crippen LogP contribution in [-0.4, -0.2) is 97.7 Å². The van der Waals surface area contributed by atoms with Gasteiger partial charge in [0.15, 0.2) is 35.1 Å². The molecule has 9 rings (SSSR count). The van der Waals surface area contributed by atoms with E-state index in [4.69, 9.17) is 33.9 Å². The Hall–Kier alpha value is -6.38. The number of rotatable bonds is 16. The highest BCUT2D eigenvalue weighted by atomic mass is 32.3. The molecule has 3 aromatic carbocycles. The maximum Gasteiger partial charge on any atom is 0.307 e. The lowest BCUT2D eigenvalue weighted by atomic mass is 10.1. The van der Waals surface area contributed by atoms with E-state index in [-0.39, 0.29) is 65.2 Å². The van der Waals surface area contributed by atoms with Crippen LogP contribution in [0.15, 0.2) is 82.6 Å². The van der Waals surface area contributed by atoms with Crippen LogP contribution in [0.25, 0.3) is 20.4 Å². The Morgan fingerprint density at radius 3 is 1.93 bits per heavy atom. The maximum absolute atomic E-state index is 12.2. The van der Waals surface area contributed by atoms with E-state index in [9.17, 15) is 25.9 Å². The smallest absolute Gasteiger partial charge is 0.307 e. The Morgan fingerprint density at radius 1 is 0.750 bits per heavy atom. The first-order valence-electron chi connectivity index (χ1n) is 21.3. The molecule has 0 unspecified atom stereocenters. The number of benzene rings is 3. The summed E-state index contributed by atoms with van der Waals surface area (Å²) in [5.74, 6) is 1.46. The number of thiophene rings is 2. The summed E-state index contributed by atoms with van der Waals surface area (Å²) >= 11 is 4.82. The largest absolute Gasteiger partial charge is 0.494 e. The Bertz CT molecular complexity index is 3670. The summed E-state index contributed by atoms with van der Waals surface area (Å²) in [5.41, 5.74) is 4.66. The summed E-state index contributed by atoms with van der Waals surface area (Å²) in [6.07, 6.45) is 0. The molecule has 0 fully saturated rings. The highest BCUT2D eigenvalue weighted by Gasteiger charge is 2.29. The number of thioether (sulfide) groups is 1. The number of hydrogen-bond acceptors (Lipinski definition) is 26. The SMILES string of the molecule is CCN(CC)c1cc(Nc2nc3nc(n2)SCc2cccc(c2)N(CC)c2cc(c(N=Nc4snc5sc(S(=O)(=O)O)c(OC)c45)cc2OC)N3)c(N=Nc2snc3sc(S(=O)(=O)O)c(OC)c23)cc1OC. The molecule has 30 heteroatoms. The minimum Gasteiger partial charge on any atom is -0.494 e. The van der Waals surface area contributed by atoms with Crippen LogP contribution in [-0.2, 0) is 26.0 Å². The first-order chi connectivity index (χ1) is 34.6. The van der Waals surface area contributed by atoms with Gasteiger partial charge in [-0.1, -0.05) is 46.6 Å². The quantitative estimate of drug-likeness (QED) is 0.0516. The number of nitrogens with zero attached hydrogens (tertiary/aromatic N) is 11. The highest BCUT2D eigenvalue weighted by molar-refractivity contribution is 7.98. The lowest BCUT2D eigenvalue weighted by Crippen LogP contribution is -2.22. The molecule has 6 heterocycles. The minimum atomic E-state index is -4.63. The normalized spacial score (nSPS) is 13.0. The van der Waals surface area contributed by atoms with Crippen molar-refractivity contribution in [2.45, 2.75) is 40.1 Å². The molecule has 5 aromatic heterocycles. The fourth-order valence-corrected chi connectivity index (χ4v) is 14.0. The molecule has 0 spiro atoms. The van der Waals surface area contributed by atoms with E-state index in [0.29, 0.717) is 59.1 Å². The van der Waals surface area contributed by atoms with Gasteiger partial charge in [-0.25, -0.2) is 0 Å². The molecular formula is C42H41N13O10S7. The van der Waals surface area contributed by atoms with Crippen LogP contribution in [0.2, 0.25) is 0 Å². The zero-order valence-electron chi connectivity index (χ0n) is 38.9. The van der Waals surface area contributed by atoms with Crippen molar-refractivity contribution in [1.29, 1.82) is 0 Å². The zero-order chi connectivity index (χ0) is 51.1. The van der Waals surface area contributed by atoms with Gasteiger partial charge >= 0.3 is 20.2 Å². The van der Waals surface area contributed by atoms with Crippen molar-refractivity contribution < 1.29 is 44.9 Å². The van der Waals surface area contributed by atoms with Crippen molar-refractivity contribution in [3.63, 3.8) is 0 Å². The van der Waals surface area contributed by atoms with Gasteiger partial charge in [0.05, 0.1) is 62.0 Å². The molecule has 376 valence electrons. The first kappa shape index (κ1) is 50.6. The van der Waals surface area contributed by atoms with Crippen LogP contribution in [0.5, 0.6) is 23.0 Å². The van der Waals surface area contributed by atoms with Gasteiger partial charge in [0.25, 0.3) is 0 Å². The average molecular weight is 1110 g/mol. The molecule has 1 aliphatic heterocycles. The van der Waals surface area contributed by atoms with Gasteiger partial charge in [-0.05, 0) is 73.7 Å². The molecule has 23 nitrogen and oxygen atoms in total. The molecular weight excluding hydrogens is 1070 g/mol. The Labute approximate surface area is 431 Å². The molecule has 6 bridgehead atoms. The van der Waals surface area contributed by atoms with Crippen LogP contribution in [0.1, 0.15) is 26.3 Å². The zero-order valence-corrected chi connectivity index (χ0v) is 44.6. The third kappa shape index (κ3) is 9.92. The van der Waals surface area contributed by atoms with E-state index < -0.39 is 28.7 Å². The molecule has 0 saturated carbocycles. The molecule has 0 saturated heterocycles. The fraction of sp³-hybridized carbons (Fsp3) is 0.262. The van der Waals surface area contributed by atoms with E-state index in [1.807, 2.05) is 51.1 Å². The summed E-state index contributed by atoms with van der Waals surface area (Å²) in [6.45, 7) is 7.89. The summed E-state index contributed by atoms with van der Waals surface area (Å²) in [4.78, 5) is 19.3. The molecule has 0 amide bonds. The lowest BCUT2D eigenvalue weighted by Gasteiger charge is -2.26. The van der Waals surface area contributed by atoms with Crippen LogP contribution in [0.4, 0.5) is 61.7 Å². The van der Waals surface area contributed by atoms with Crippen LogP contribution >= 0.6 is 57.5 Å². The molecule has 8 aromatic rings. The van der Waals surface area contributed by atoms with Crippen LogP contribution < -0.4 is 39.4 Å². The maximum atomic E-state index is 12.2. The van der Waals surface area contributed by atoms with Gasteiger partial charge in [-0.15, -0.1) is 20.5 Å². The molecule has 72 heavy (non-hydrogen) atoms. The second-order valence-corrected chi connectivity index (χ2v) is 22.7. The number of hydrogen-bond donors (Lipinski definition) is 4. The number of aromatic nitrogens is 5. The third-order valence-electron chi connectivity index (χ3n) is 10.9. The number of methoxy groups -OCH3 is 4. The summed E-state index contributed by atoms with van der Waals surface area (Å²) < 4.78 is 99.3. The van der Waals surface area contributed by atoms with Crippen LogP contribution in [0.3, 0.4) is 0 Å². The molecule has 0 atom stereocenters. The summed E-state index contributed by atoms with van der Waals surface area (Å²) in [7, 11) is -3.59. The van der Waals surface area contributed by atoms with Gasteiger partial charge in [-0.2, -0.15) is 40.5 Å². The van der Waals surface area contributed by atoms with E-state index in [1.54, 1.807) is 26.4 Å². The lowest BCUT2D eigenvalue weighted by molar-refractivity contribution is 0.406. The third-order valence-corrected chi connectivity index (χ3v) is 18.3. The second kappa shape index (κ2) is 20.6. The first-order valence-corrected chi connectivity index (χ1v) is 28.3. The molecule has 0 aliphatic carbocycles. The van der Waals surface area contributed by atoms with Crippen molar-refractivity contribution in [1.82, 2.24) is 23.7 Å². The van der Waals surface area contributed by atoms with Crippen molar-refractivity contribution in [2.75, 3.05) is 68.5 Å². The van der Waals surface area contributed by atoms with Gasteiger partial charge in [0.1, 0.15) is 32.5 Å². The summed E-state index contributed by atoms with van der Waals surface area (Å²) in [5, 5.41) is 26.3. The van der Waals surface area contributed by atoms with Crippen molar-refractivity contribution in [3.05, 3.63) is 54.1 Å². The Balaban J connectivity index is 1.18. The summed E-state index contributed by atoms with van der Waals surface area (Å²) in [6, 6.07) is 15.2. The Morgan fingerprint density at radius 2 is 1.36 bits per heavy atom. The monoisotopic (exact) mass is 1110 g/mol. The number of fused-ring (bicyclic) bond motifs is 8. The second-order valence-electron chi connectivity index (χ2n) is 15.0. The van der Waals surface area contributed by atoms with E-state index in [2.05, 4.69) is 55.7 Å².